The van der Waals surface area contributed by atoms with E-state index in [-0.39, 0.29) is 0 Å². The van der Waals surface area contributed by atoms with Gasteiger partial charge in [-0.2, -0.15) is 0 Å². The summed E-state index contributed by atoms with van der Waals surface area (Å²) >= 11 is 0. The smallest absolute Gasteiger partial charge is 0.0218 e. The van der Waals surface area contributed by atoms with Crippen LogP contribution in [0, 0.1) is 18.3 Å². The summed E-state index contributed by atoms with van der Waals surface area (Å²) in [5.41, 5.74) is 5.69. The number of hydrogen-bond donors (Lipinski definition) is 2. The van der Waals surface area contributed by atoms with Crippen molar-refractivity contribution >= 4 is 0 Å². The van der Waals surface area contributed by atoms with Gasteiger partial charge in [0.15, 0.2) is 0 Å². The first-order valence-corrected chi connectivity index (χ1v) is 5.16. The molecule has 2 heteroatoms. The zero-order valence-corrected chi connectivity index (χ0v) is 8.84. The molecule has 0 saturated heterocycles. The third kappa shape index (κ3) is 4.92. The van der Waals surface area contributed by atoms with Gasteiger partial charge < -0.3 is 11.1 Å². The van der Waals surface area contributed by atoms with Crippen LogP contribution in [0.4, 0.5) is 0 Å². The molecule has 0 heterocycles. The second kappa shape index (κ2) is 8.10. The van der Waals surface area contributed by atoms with E-state index in [4.69, 9.17) is 12.2 Å². The molecule has 0 fully saturated rings. The molecular formula is C11H22N2. The molecule has 2 nitrogen and oxygen atoms in total. The normalized spacial score (nSPS) is 12.8. The van der Waals surface area contributed by atoms with Gasteiger partial charge in [-0.05, 0) is 5.92 Å². The summed E-state index contributed by atoms with van der Waals surface area (Å²) in [6, 6.07) is 0.434. The van der Waals surface area contributed by atoms with Gasteiger partial charge in [-0.25, -0.2) is 0 Å². The minimum atomic E-state index is 0.434. The number of terminal acetylenes is 1. The van der Waals surface area contributed by atoms with Crippen LogP contribution < -0.4 is 11.1 Å². The Hall–Kier alpha value is -0.520. The molecule has 76 valence electrons. The zero-order valence-electron chi connectivity index (χ0n) is 8.84. The fraction of sp³-hybridized carbons (Fsp3) is 0.818. The van der Waals surface area contributed by atoms with Crippen LogP contribution in [-0.4, -0.2) is 19.1 Å². The maximum atomic E-state index is 5.69. The summed E-state index contributed by atoms with van der Waals surface area (Å²) in [5.74, 6) is 3.30. The van der Waals surface area contributed by atoms with Gasteiger partial charge in [-0.15, -0.1) is 12.3 Å². The Kier molecular flexibility index (Phi) is 7.77. The minimum absolute atomic E-state index is 0.434. The highest BCUT2D eigenvalue weighted by atomic mass is 14.9. The first-order valence-electron chi connectivity index (χ1n) is 5.16. The largest absolute Gasteiger partial charge is 0.329 e. The number of rotatable bonds is 7. The fourth-order valence-electron chi connectivity index (χ4n) is 1.63. The van der Waals surface area contributed by atoms with Crippen LogP contribution in [0.1, 0.15) is 33.1 Å². The Bertz CT molecular complexity index is 145. The molecular weight excluding hydrogens is 160 g/mol. The molecule has 0 rings (SSSR count). The first kappa shape index (κ1) is 12.5. The van der Waals surface area contributed by atoms with Gasteiger partial charge in [0.25, 0.3) is 0 Å². The Morgan fingerprint density at radius 1 is 1.38 bits per heavy atom. The summed E-state index contributed by atoms with van der Waals surface area (Å²) in [4.78, 5) is 0. The summed E-state index contributed by atoms with van der Waals surface area (Å²) < 4.78 is 0. The average molecular weight is 182 g/mol. The van der Waals surface area contributed by atoms with Gasteiger partial charge in [0, 0.05) is 25.6 Å². The zero-order chi connectivity index (χ0) is 10.1. The maximum Gasteiger partial charge on any atom is 0.0218 e. The van der Waals surface area contributed by atoms with E-state index in [1.54, 1.807) is 0 Å². The van der Waals surface area contributed by atoms with E-state index >= 15 is 0 Å². The number of hydrogen-bond acceptors (Lipinski definition) is 2. The summed E-state index contributed by atoms with van der Waals surface area (Å²) in [6.45, 7) is 6.01. The van der Waals surface area contributed by atoms with Crippen molar-refractivity contribution in [2.75, 3.05) is 13.1 Å². The van der Waals surface area contributed by atoms with Gasteiger partial charge in [-0.1, -0.05) is 26.7 Å². The van der Waals surface area contributed by atoms with Gasteiger partial charge >= 0.3 is 0 Å². The summed E-state index contributed by atoms with van der Waals surface area (Å²) in [5, 5.41) is 3.40. The van der Waals surface area contributed by atoms with Crippen molar-refractivity contribution in [3.8, 4) is 12.3 Å². The average Bonchev–Trinajstić information content (AvgIpc) is 2.17. The highest BCUT2D eigenvalue weighted by Gasteiger charge is 2.15. The maximum absolute atomic E-state index is 5.69. The van der Waals surface area contributed by atoms with Crippen molar-refractivity contribution in [1.82, 2.24) is 5.32 Å². The van der Waals surface area contributed by atoms with Crippen molar-refractivity contribution < 1.29 is 0 Å². The Labute approximate surface area is 82.3 Å². The molecule has 1 unspecified atom stereocenters. The molecule has 0 aromatic carbocycles. The molecule has 0 aromatic heterocycles. The van der Waals surface area contributed by atoms with Crippen LogP contribution in [-0.2, 0) is 0 Å². The van der Waals surface area contributed by atoms with Gasteiger partial charge in [0.05, 0.1) is 0 Å². The van der Waals surface area contributed by atoms with Crippen LogP contribution >= 0.6 is 0 Å². The van der Waals surface area contributed by atoms with Crippen molar-refractivity contribution in [1.29, 1.82) is 0 Å². The van der Waals surface area contributed by atoms with E-state index in [9.17, 15) is 0 Å². The predicted octanol–water partition coefficient (Wildman–Crippen LogP) is 1.36. The lowest BCUT2D eigenvalue weighted by Crippen LogP contribution is -2.42. The first-order chi connectivity index (χ1) is 6.29. The molecule has 0 amide bonds. The van der Waals surface area contributed by atoms with E-state index in [0.29, 0.717) is 18.5 Å². The molecule has 0 aliphatic heterocycles. The molecule has 13 heavy (non-hydrogen) atoms. The Balaban J connectivity index is 3.79. The number of nitrogens with one attached hydrogen (secondary N) is 1. The highest BCUT2D eigenvalue weighted by molar-refractivity contribution is 4.85. The summed E-state index contributed by atoms with van der Waals surface area (Å²) in [7, 11) is 0. The molecule has 0 aliphatic carbocycles. The Morgan fingerprint density at radius 3 is 2.38 bits per heavy atom. The van der Waals surface area contributed by atoms with Gasteiger partial charge in [0.2, 0.25) is 0 Å². The van der Waals surface area contributed by atoms with Crippen LogP contribution in [0.25, 0.3) is 0 Å². The van der Waals surface area contributed by atoms with E-state index in [1.165, 1.54) is 12.8 Å². The topological polar surface area (TPSA) is 38.0 Å². The molecule has 0 spiro atoms. The van der Waals surface area contributed by atoms with Crippen LogP contribution in [0.3, 0.4) is 0 Å². The third-order valence-corrected chi connectivity index (χ3v) is 2.55. The molecule has 0 saturated carbocycles. The second-order valence-corrected chi connectivity index (χ2v) is 3.33. The monoisotopic (exact) mass is 182 g/mol. The van der Waals surface area contributed by atoms with Crippen LogP contribution in [0.2, 0.25) is 0 Å². The quantitative estimate of drug-likeness (QED) is 0.461. The standard InChI is InChI=1S/C11H22N2/c1-4-7-8-13-11(9-12)10(5-2)6-3/h1,10-11,13H,5-9,12H2,2-3H3. The molecule has 0 radical (unpaired) electrons. The molecule has 0 aromatic rings. The van der Waals surface area contributed by atoms with E-state index in [0.717, 1.165) is 13.0 Å². The van der Waals surface area contributed by atoms with E-state index in [1.807, 2.05) is 0 Å². The predicted molar refractivity (Wildman–Crippen MR) is 58.4 cm³/mol. The molecule has 0 bridgehead atoms. The van der Waals surface area contributed by atoms with E-state index < -0.39 is 0 Å². The minimum Gasteiger partial charge on any atom is -0.329 e. The van der Waals surface area contributed by atoms with Crippen molar-refractivity contribution in [3.05, 3.63) is 0 Å². The van der Waals surface area contributed by atoms with Gasteiger partial charge in [-0.3, -0.25) is 0 Å². The Morgan fingerprint density at radius 2 is 2.00 bits per heavy atom. The molecule has 1 atom stereocenters. The number of nitrogens with two attached hydrogens (primary N) is 1. The lowest BCUT2D eigenvalue weighted by molar-refractivity contribution is 0.342. The lowest BCUT2D eigenvalue weighted by atomic mass is 9.94. The van der Waals surface area contributed by atoms with E-state index in [2.05, 4.69) is 25.1 Å². The second-order valence-electron chi connectivity index (χ2n) is 3.33. The lowest BCUT2D eigenvalue weighted by Gasteiger charge is -2.24. The van der Waals surface area contributed by atoms with Crippen LogP contribution in [0.5, 0.6) is 0 Å². The molecule has 3 N–H and O–H groups in total. The van der Waals surface area contributed by atoms with Crippen molar-refractivity contribution in [2.24, 2.45) is 11.7 Å². The molecule has 0 aliphatic rings. The summed E-state index contributed by atoms with van der Waals surface area (Å²) in [6.07, 6.45) is 8.33. The SMILES string of the molecule is C#CCCNC(CN)C(CC)CC. The van der Waals surface area contributed by atoms with Crippen molar-refractivity contribution in [2.45, 2.75) is 39.2 Å². The van der Waals surface area contributed by atoms with Crippen molar-refractivity contribution in [3.63, 3.8) is 0 Å². The van der Waals surface area contributed by atoms with Gasteiger partial charge in [0.1, 0.15) is 0 Å². The van der Waals surface area contributed by atoms with Crippen LogP contribution in [0.15, 0.2) is 0 Å². The highest BCUT2D eigenvalue weighted by Crippen LogP contribution is 2.11. The third-order valence-electron chi connectivity index (χ3n) is 2.55. The fourth-order valence-corrected chi connectivity index (χ4v) is 1.63.